The second kappa shape index (κ2) is 7.74. The van der Waals surface area contributed by atoms with Gasteiger partial charge in [-0.25, -0.2) is 4.98 Å². The molecule has 0 spiro atoms. The van der Waals surface area contributed by atoms with Crippen LogP contribution in [0.5, 0.6) is 11.5 Å². The number of aromatic amines is 1. The van der Waals surface area contributed by atoms with Gasteiger partial charge in [-0.05, 0) is 11.1 Å². The van der Waals surface area contributed by atoms with Gasteiger partial charge >= 0.3 is 0 Å². The topological polar surface area (TPSA) is 64.2 Å². The molecule has 0 atom stereocenters. The highest BCUT2D eigenvalue weighted by atomic mass is 16.5. The number of hydrogen-bond donors (Lipinski definition) is 1. The molecule has 0 saturated carbocycles. The molecule has 1 heterocycles. The fourth-order valence-corrected chi connectivity index (χ4v) is 2.81. The van der Waals surface area contributed by atoms with Gasteiger partial charge in [0, 0.05) is 12.1 Å². The standard InChI is InChI=1S/C22H18N2O3/c25-22-21-19(23-15-24-22)11-18(26-13-16-7-3-1-4-8-16)12-20(21)27-14-17-9-5-2-6-10-17/h1-12,15H,13-14H2,(H,23,24,25). The van der Waals surface area contributed by atoms with Crippen LogP contribution in [0.15, 0.2) is 83.9 Å². The van der Waals surface area contributed by atoms with E-state index >= 15 is 0 Å². The molecule has 0 aliphatic rings. The van der Waals surface area contributed by atoms with E-state index in [1.54, 1.807) is 12.1 Å². The van der Waals surface area contributed by atoms with Crippen molar-refractivity contribution in [3.63, 3.8) is 0 Å². The lowest BCUT2D eigenvalue weighted by Gasteiger charge is -2.12. The van der Waals surface area contributed by atoms with Crippen molar-refractivity contribution in [2.24, 2.45) is 0 Å². The van der Waals surface area contributed by atoms with Gasteiger partial charge in [0.05, 0.1) is 11.8 Å². The minimum absolute atomic E-state index is 0.238. The number of ether oxygens (including phenoxy) is 2. The molecule has 4 aromatic rings. The number of rotatable bonds is 6. The second-order valence-corrected chi connectivity index (χ2v) is 6.10. The van der Waals surface area contributed by atoms with Crippen molar-refractivity contribution in [2.45, 2.75) is 13.2 Å². The maximum atomic E-state index is 12.3. The average Bonchev–Trinajstić information content (AvgIpc) is 2.72. The molecule has 0 unspecified atom stereocenters. The van der Waals surface area contributed by atoms with Gasteiger partial charge < -0.3 is 14.5 Å². The Morgan fingerprint density at radius 1 is 0.815 bits per heavy atom. The minimum Gasteiger partial charge on any atom is -0.489 e. The van der Waals surface area contributed by atoms with Crippen molar-refractivity contribution < 1.29 is 9.47 Å². The largest absolute Gasteiger partial charge is 0.489 e. The third-order valence-corrected chi connectivity index (χ3v) is 4.17. The molecular formula is C22H18N2O3. The van der Waals surface area contributed by atoms with Crippen molar-refractivity contribution >= 4 is 10.9 Å². The van der Waals surface area contributed by atoms with Crippen LogP contribution in [-0.4, -0.2) is 9.97 Å². The number of nitrogens with one attached hydrogen (secondary N) is 1. The number of aromatic nitrogens is 2. The number of H-pyrrole nitrogens is 1. The summed E-state index contributed by atoms with van der Waals surface area (Å²) in [6, 6.07) is 23.2. The van der Waals surface area contributed by atoms with Gasteiger partial charge in [0.25, 0.3) is 5.56 Å². The Morgan fingerprint density at radius 3 is 2.11 bits per heavy atom. The highest BCUT2D eigenvalue weighted by Gasteiger charge is 2.11. The van der Waals surface area contributed by atoms with Crippen LogP contribution in [0.2, 0.25) is 0 Å². The summed E-state index contributed by atoms with van der Waals surface area (Å²) in [5.41, 5.74) is 2.37. The summed E-state index contributed by atoms with van der Waals surface area (Å²) < 4.78 is 11.8. The van der Waals surface area contributed by atoms with Crippen molar-refractivity contribution in [3.05, 3.63) is 101 Å². The van der Waals surface area contributed by atoms with Crippen LogP contribution in [0.1, 0.15) is 11.1 Å². The van der Waals surface area contributed by atoms with Crippen LogP contribution >= 0.6 is 0 Å². The third-order valence-electron chi connectivity index (χ3n) is 4.17. The Balaban J connectivity index is 1.64. The summed E-state index contributed by atoms with van der Waals surface area (Å²) in [6.07, 6.45) is 1.38. The molecule has 1 aromatic heterocycles. The van der Waals surface area contributed by atoms with Gasteiger partial charge in [0.15, 0.2) is 0 Å². The van der Waals surface area contributed by atoms with Gasteiger partial charge in [0.2, 0.25) is 0 Å². The summed E-state index contributed by atoms with van der Waals surface area (Å²) in [5.74, 6) is 1.06. The minimum atomic E-state index is -0.238. The van der Waals surface area contributed by atoms with Crippen molar-refractivity contribution in [3.8, 4) is 11.5 Å². The first kappa shape index (κ1) is 16.8. The van der Waals surface area contributed by atoms with E-state index in [-0.39, 0.29) is 5.56 Å². The van der Waals surface area contributed by atoms with E-state index in [4.69, 9.17) is 9.47 Å². The molecule has 0 aliphatic carbocycles. The van der Waals surface area contributed by atoms with Gasteiger partial charge in [-0.3, -0.25) is 4.79 Å². The highest BCUT2D eigenvalue weighted by Crippen LogP contribution is 2.29. The molecule has 0 saturated heterocycles. The normalized spacial score (nSPS) is 10.7. The van der Waals surface area contributed by atoms with E-state index in [9.17, 15) is 4.79 Å². The summed E-state index contributed by atoms with van der Waals surface area (Å²) in [5, 5.41) is 0.417. The zero-order valence-electron chi connectivity index (χ0n) is 14.6. The van der Waals surface area contributed by atoms with Gasteiger partial charge in [-0.2, -0.15) is 0 Å². The van der Waals surface area contributed by atoms with Crippen LogP contribution in [0.3, 0.4) is 0 Å². The number of hydrogen-bond acceptors (Lipinski definition) is 4. The predicted molar refractivity (Wildman–Crippen MR) is 104 cm³/mol. The first-order chi connectivity index (χ1) is 13.3. The van der Waals surface area contributed by atoms with E-state index in [0.717, 1.165) is 11.1 Å². The van der Waals surface area contributed by atoms with E-state index in [0.29, 0.717) is 35.6 Å². The molecule has 0 bridgehead atoms. The molecule has 27 heavy (non-hydrogen) atoms. The highest BCUT2D eigenvalue weighted by molar-refractivity contribution is 5.85. The molecule has 5 nitrogen and oxygen atoms in total. The van der Waals surface area contributed by atoms with Crippen LogP contribution < -0.4 is 15.0 Å². The van der Waals surface area contributed by atoms with E-state index < -0.39 is 0 Å². The van der Waals surface area contributed by atoms with Gasteiger partial charge in [-0.1, -0.05) is 60.7 Å². The van der Waals surface area contributed by atoms with Crippen LogP contribution in [0.25, 0.3) is 10.9 Å². The van der Waals surface area contributed by atoms with Crippen molar-refractivity contribution in [2.75, 3.05) is 0 Å². The average molecular weight is 358 g/mol. The molecule has 0 fully saturated rings. The predicted octanol–water partition coefficient (Wildman–Crippen LogP) is 4.08. The molecule has 5 heteroatoms. The number of nitrogens with zero attached hydrogens (tertiary/aromatic N) is 1. The summed E-state index contributed by atoms with van der Waals surface area (Å²) in [7, 11) is 0. The molecule has 4 rings (SSSR count). The molecule has 0 radical (unpaired) electrons. The van der Waals surface area contributed by atoms with Gasteiger partial charge in [0.1, 0.15) is 30.1 Å². The Morgan fingerprint density at radius 2 is 1.44 bits per heavy atom. The maximum absolute atomic E-state index is 12.3. The maximum Gasteiger partial charge on any atom is 0.262 e. The van der Waals surface area contributed by atoms with Crippen LogP contribution in [-0.2, 0) is 13.2 Å². The Kier molecular flexibility index (Phi) is 4.83. The lowest BCUT2D eigenvalue weighted by atomic mass is 10.2. The van der Waals surface area contributed by atoms with Gasteiger partial charge in [-0.15, -0.1) is 0 Å². The summed E-state index contributed by atoms with van der Waals surface area (Å²) >= 11 is 0. The summed E-state index contributed by atoms with van der Waals surface area (Å²) in [6.45, 7) is 0.778. The van der Waals surface area contributed by atoms with Crippen LogP contribution in [0, 0.1) is 0 Å². The third kappa shape index (κ3) is 3.98. The first-order valence-electron chi connectivity index (χ1n) is 8.64. The molecule has 134 valence electrons. The lowest BCUT2D eigenvalue weighted by Crippen LogP contribution is -2.09. The molecular weight excluding hydrogens is 340 g/mol. The van der Waals surface area contributed by atoms with E-state index in [1.807, 2.05) is 60.7 Å². The van der Waals surface area contributed by atoms with Crippen molar-refractivity contribution in [1.82, 2.24) is 9.97 Å². The number of fused-ring (bicyclic) bond motifs is 1. The quantitative estimate of drug-likeness (QED) is 0.564. The molecule has 3 aromatic carbocycles. The monoisotopic (exact) mass is 358 g/mol. The zero-order valence-corrected chi connectivity index (χ0v) is 14.6. The Labute approximate surface area is 156 Å². The molecule has 0 amide bonds. The fourth-order valence-electron chi connectivity index (χ4n) is 2.81. The molecule has 1 N–H and O–H groups in total. The van der Waals surface area contributed by atoms with Crippen molar-refractivity contribution in [1.29, 1.82) is 0 Å². The Bertz CT molecular complexity index is 1090. The Hall–Kier alpha value is -3.60. The smallest absolute Gasteiger partial charge is 0.262 e. The van der Waals surface area contributed by atoms with E-state index in [1.165, 1.54) is 6.33 Å². The SMILES string of the molecule is O=c1[nH]cnc2cc(OCc3ccccc3)cc(OCc3ccccc3)c12. The first-order valence-corrected chi connectivity index (χ1v) is 8.64. The van der Waals surface area contributed by atoms with Crippen LogP contribution in [0.4, 0.5) is 0 Å². The zero-order chi connectivity index (χ0) is 18.5. The molecule has 0 aliphatic heterocycles. The van der Waals surface area contributed by atoms with E-state index in [2.05, 4.69) is 9.97 Å². The second-order valence-electron chi connectivity index (χ2n) is 6.10. The number of benzene rings is 3. The lowest BCUT2D eigenvalue weighted by molar-refractivity contribution is 0.292. The fraction of sp³-hybridized carbons (Fsp3) is 0.0909. The summed E-state index contributed by atoms with van der Waals surface area (Å²) in [4.78, 5) is 19.1.